The number of hydrogen-bond donors (Lipinski definition) is 0. The fraction of sp³-hybridized carbons (Fsp3) is 0.857. The average molecular weight is 378 g/mol. The largest absolute Gasteiger partial charge is 0.444 e. The van der Waals surface area contributed by atoms with Gasteiger partial charge in [-0.3, -0.25) is 9.89 Å². The molecule has 7 heteroatoms. The summed E-state index contributed by atoms with van der Waals surface area (Å²) in [6.07, 6.45) is -0.203. The van der Waals surface area contributed by atoms with Gasteiger partial charge >= 0.3 is 6.09 Å². The van der Waals surface area contributed by atoms with Crippen LogP contribution in [0.4, 0.5) is 4.79 Å². The van der Waals surface area contributed by atoms with Crippen LogP contribution in [-0.2, 0) is 4.74 Å². The second-order valence-corrected chi connectivity index (χ2v) is 9.13. The van der Waals surface area contributed by atoms with Crippen LogP contribution in [0.5, 0.6) is 0 Å². The van der Waals surface area contributed by atoms with Crippen LogP contribution in [0.2, 0.25) is 0 Å². The van der Waals surface area contributed by atoms with Crippen LogP contribution < -0.4 is 0 Å². The van der Waals surface area contributed by atoms with Crippen molar-refractivity contribution in [3.63, 3.8) is 0 Å². The standard InChI is InChI=1S/C14H24BrN3O2S/c1-13(2,3)20-12(19)18-7-5-17(6-8-18)9-14(4)10-21-11(15)16-14/h5-10H2,1-4H3. The first-order chi connectivity index (χ1) is 9.67. The van der Waals surface area contributed by atoms with E-state index in [1.165, 1.54) is 0 Å². The maximum absolute atomic E-state index is 12.0. The van der Waals surface area contributed by atoms with Gasteiger partial charge in [0, 0.05) is 38.5 Å². The van der Waals surface area contributed by atoms with Gasteiger partial charge in [0.1, 0.15) is 9.55 Å². The number of hydrogen-bond acceptors (Lipinski definition) is 5. The van der Waals surface area contributed by atoms with Gasteiger partial charge in [-0.25, -0.2) is 4.79 Å². The van der Waals surface area contributed by atoms with Crippen LogP contribution in [0.1, 0.15) is 27.7 Å². The molecule has 0 aromatic carbocycles. The monoisotopic (exact) mass is 377 g/mol. The third kappa shape index (κ3) is 5.14. The molecular weight excluding hydrogens is 354 g/mol. The van der Waals surface area contributed by atoms with Crippen molar-refractivity contribution in [3.8, 4) is 0 Å². The summed E-state index contributed by atoms with van der Waals surface area (Å²) in [5, 5.41) is 0. The fourth-order valence-electron chi connectivity index (χ4n) is 2.47. The minimum Gasteiger partial charge on any atom is -0.444 e. The topological polar surface area (TPSA) is 45.1 Å². The maximum atomic E-state index is 12.0. The van der Waals surface area contributed by atoms with Crippen LogP contribution in [0.25, 0.3) is 0 Å². The Bertz CT molecular complexity index is 430. The van der Waals surface area contributed by atoms with Crippen LogP contribution in [0, 0.1) is 0 Å². The van der Waals surface area contributed by atoms with Crippen molar-refractivity contribution in [1.82, 2.24) is 9.80 Å². The number of carbonyl (C=O) groups excluding carboxylic acids is 1. The molecule has 2 heterocycles. The van der Waals surface area contributed by atoms with Gasteiger partial charge < -0.3 is 9.64 Å². The third-order valence-corrected chi connectivity index (χ3v) is 5.41. The quantitative estimate of drug-likeness (QED) is 0.741. The lowest BCUT2D eigenvalue weighted by Gasteiger charge is -2.38. The third-order valence-electron chi connectivity index (χ3n) is 3.45. The predicted octanol–water partition coefficient (Wildman–Crippen LogP) is 2.80. The minimum atomic E-state index is -0.427. The highest BCUT2D eigenvalue weighted by molar-refractivity contribution is 9.22. The number of halogens is 1. The number of nitrogens with zero attached hydrogens (tertiary/aromatic N) is 3. The second kappa shape index (κ2) is 6.46. The maximum Gasteiger partial charge on any atom is 0.410 e. The van der Waals surface area contributed by atoms with Gasteiger partial charge in [0.25, 0.3) is 0 Å². The summed E-state index contributed by atoms with van der Waals surface area (Å²) in [6.45, 7) is 12.0. The van der Waals surface area contributed by atoms with E-state index < -0.39 is 5.60 Å². The number of ether oxygens (including phenoxy) is 1. The van der Waals surface area contributed by atoms with Crippen molar-refractivity contribution in [3.05, 3.63) is 0 Å². The van der Waals surface area contributed by atoms with Gasteiger partial charge in [-0.05, 0) is 43.6 Å². The van der Waals surface area contributed by atoms with Gasteiger partial charge in [0.15, 0.2) is 0 Å². The molecule has 1 unspecified atom stereocenters. The van der Waals surface area contributed by atoms with Gasteiger partial charge in [-0.15, -0.1) is 0 Å². The number of thioether (sulfide) groups is 1. The first-order valence-electron chi connectivity index (χ1n) is 7.25. The first-order valence-corrected chi connectivity index (χ1v) is 9.03. The molecule has 0 aromatic heterocycles. The lowest BCUT2D eigenvalue weighted by molar-refractivity contribution is 0.0134. The molecule has 0 aromatic rings. The van der Waals surface area contributed by atoms with Crippen molar-refractivity contribution < 1.29 is 9.53 Å². The first kappa shape index (κ1) is 17.1. The summed E-state index contributed by atoms with van der Waals surface area (Å²) < 4.78 is 6.41. The Balaban J connectivity index is 1.80. The van der Waals surface area contributed by atoms with E-state index in [4.69, 9.17) is 4.74 Å². The van der Waals surface area contributed by atoms with Crippen molar-refractivity contribution in [2.75, 3.05) is 38.5 Å². The van der Waals surface area contributed by atoms with Crippen molar-refractivity contribution >= 4 is 37.7 Å². The average Bonchev–Trinajstić information content (AvgIpc) is 2.67. The normalized spacial score (nSPS) is 27.7. The summed E-state index contributed by atoms with van der Waals surface area (Å²) in [5.74, 6) is 1.01. The summed E-state index contributed by atoms with van der Waals surface area (Å²) in [6, 6.07) is 0. The highest BCUT2D eigenvalue weighted by Gasteiger charge is 2.34. The molecule has 2 aliphatic rings. The number of carbonyl (C=O) groups is 1. The van der Waals surface area contributed by atoms with Crippen molar-refractivity contribution in [1.29, 1.82) is 0 Å². The van der Waals surface area contributed by atoms with E-state index >= 15 is 0 Å². The Morgan fingerprint density at radius 2 is 2.00 bits per heavy atom. The zero-order chi connectivity index (χ0) is 15.7. The zero-order valence-electron chi connectivity index (χ0n) is 13.2. The zero-order valence-corrected chi connectivity index (χ0v) is 15.6. The molecule has 1 fully saturated rings. The Labute approximate surface area is 139 Å². The van der Waals surface area contributed by atoms with Crippen LogP contribution in [0.15, 0.2) is 4.99 Å². The second-order valence-electron chi connectivity index (χ2n) is 6.89. The van der Waals surface area contributed by atoms with Crippen molar-refractivity contribution in [2.24, 2.45) is 4.99 Å². The molecule has 0 bridgehead atoms. The molecule has 5 nitrogen and oxygen atoms in total. The van der Waals surface area contributed by atoms with Crippen LogP contribution in [-0.4, -0.2) is 69.5 Å². The highest BCUT2D eigenvalue weighted by Crippen LogP contribution is 2.31. The van der Waals surface area contributed by atoms with E-state index in [-0.39, 0.29) is 11.6 Å². The molecule has 0 saturated carbocycles. The van der Waals surface area contributed by atoms with Gasteiger partial charge in [0.05, 0.1) is 5.54 Å². The van der Waals surface area contributed by atoms with E-state index in [0.717, 1.165) is 42.4 Å². The minimum absolute atomic E-state index is 0.0163. The SMILES string of the molecule is CC1(CN2CCN(C(=O)OC(C)(C)C)CC2)CSC(Br)=N1. The molecule has 120 valence electrons. The Morgan fingerprint density at radius 1 is 1.38 bits per heavy atom. The molecular formula is C14H24BrN3O2S. The molecule has 2 aliphatic heterocycles. The predicted molar refractivity (Wildman–Crippen MR) is 91.5 cm³/mol. The number of aliphatic imine (C=N–C) groups is 1. The van der Waals surface area contributed by atoms with Gasteiger partial charge in [0.2, 0.25) is 0 Å². The Hall–Kier alpha value is -0.270. The van der Waals surface area contributed by atoms with E-state index in [2.05, 4.69) is 32.7 Å². The van der Waals surface area contributed by atoms with E-state index in [0.29, 0.717) is 0 Å². The van der Waals surface area contributed by atoms with E-state index in [1.807, 2.05) is 20.8 Å². The number of rotatable bonds is 2. The Kier molecular flexibility index (Phi) is 5.26. The molecule has 0 aliphatic carbocycles. The molecule has 1 amide bonds. The summed E-state index contributed by atoms with van der Waals surface area (Å²) in [4.78, 5) is 20.9. The molecule has 21 heavy (non-hydrogen) atoms. The van der Waals surface area contributed by atoms with E-state index in [9.17, 15) is 4.79 Å². The molecule has 0 N–H and O–H groups in total. The number of amides is 1. The fourth-order valence-corrected chi connectivity index (χ4v) is 4.11. The lowest BCUT2D eigenvalue weighted by Crippen LogP contribution is -2.53. The van der Waals surface area contributed by atoms with Crippen LogP contribution in [0.3, 0.4) is 0 Å². The molecule has 1 saturated heterocycles. The molecule has 0 radical (unpaired) electrons. The summed E-state index contributed by atoms with van der Waals surface area (Å²) >= 11 is 5.22. The summed E-state index contributed by atoms with van der Waals surface area (Å²) in [7, 11) is 0. The van der Waals surface area contributed by atoms with Crippen LogP contribution >= 0.6 is 27.7 Å². The molecule has 1 atom stereocenters. The molecule has 2 rings (SSSR count). The van der Waals surface area contributed by atoms with Crippen molar-refractivity contribution in [2.45, 2.75) is 38.8 Å². The number of piperazine rings is 1. The summed E-state index contributed by atoms with van der Waals surface area (Å²) in [5.41, 5.74) is -0.443. The molecule has 0 spiro atoms. The van der Waals surface area contributed by atoms with E-state index in [1.54, 1.807) is 16.7 Å². The highest BCUT2D eigenvalue weighted by atomic mass is 79.9. The van der Waals surface area contributed by atoms with Gasteiger partial charge in [-0.2, -0.15) is 0 Å². The Morgan fingerprint density at radius 3 is 2.48 bits per heavy atom. The lowest BCUT2D eigenvalue weighted by atomic mass is 10.1. The van der Waals surface area contributed by atoms with Gasteiger partial charge in [-0.1, -0.05) is 11.8 Å². The smallest absolute Gasteiger partial charge is 0.410 e.